The molecule has 0 spiro atoms. The summed E-state index contributed by atoms with van der Waals surface area (Å²) in [4.78, 5) is 17.0. The van der Waals surface area contributed by atoms with Crippen LogP contribution >= 0.6 is 0 Å². The Morgan fingerprint density at radius 2 is 2.11 bits per heavy atom. The van der Waals surface area contributed by atoms with Gasteiger partial charge >= 0.3 is 0 Å². The molecule has 1 aliphatic heterocycles. The average Bonchev–Trinajstić information content (AvgIpc) is 3.16. The van der Waals surface area contributed by atoms with E-state index in [2.05, 4.69) is 15.6 Å². The zero-order chi connectivity index (χ0) is 19.2. The number of benzene rings is 2. The third kappa shape index (κ3) is 5.37. The van der Waals surface area contributed by atoms with Crippen molar-refractivity contribution in [3.8, 4) is 0 Å². The lowest BCUT2D eigenvalue weighted by Gasteiger charge is -2.15. The van der Waals surface area contributed by atoms with Crippen molar-refractivity contribution in [2.75, 3.05) is 18.5 Å². The Morgan fingerprint density at radius 3 is 2.85 bits per heavy atom. The molecule has 0 unspecified atom stereocenters. The van der Waals surface area contributed by atoms with E-state index in [1.54, 1.807) is 6.07 Å². The van der Waals surface area contributed by atoms with Gasteiger partial charge in [-0.1, -0.05) is 18.2 Å². The van der Waals surface area contributed by atoms with Gasteiger partial charge in [-0.2, -0.15) is 0 Å². The SMILES string of the molecule is Cc1ccc(C)c(NC(=NC[C@H]2CCCO2)NC(=O)c2cccc(F)c2)c1. The number of guanidine groups is 1. The van der Waals surface area contributed by atoms with Crippen molar-refractivity contribution in [3.63, 3.8) is 0 Å². The van der Waals surface area contributed by atoms with E-state index in [4.69, 9.17) is 4.74 Å². The lowest BCUT2D eigenvalue weighted by molar-refractivity contribution is 0.0975. The lowest BCUT2D eigenvalue weighted by atomic mass is 10.1. The fraction of sp³-hybridized carbons (Fsp3) is 0.333. The van der Waals surface area contributed by atoms with Gasteiger partial charge < -0.3 is 10.1 Å². The Morgan fingerprint density at radius 1 is 1.26 bits per heavy atom. The van der Waals surface area contributed by atoms with Crippen molar-refractivity contribution in [2.24, 2.45) is 4.99 Å². The van der Waals surface area contributed by atoms with E-state index in [0.717, 1.165) is 36.3 Å². The van der Waals surface area contributed by atoms with Crippen LogP contribution in [0.4, 0.5) is 10.1 Å². The number of carbonyl (C=O) groups is 1. The number of carbonyl (C=O) groups excluding carboxylic acids is 1. The molecule has 1 saturated heterocycles. The van der Waals surface area contributed by atoms with Crippen LogP contribution in [0.2, 0.25) is 0 Å². The summed E-state index contributed by atoms with van der Waals surface area (Å²) in [7, 11) is 0. The first-order valence-corrected chi connectivity index (χ1v) is 9.08. The molecule has 27 heavy (non-hydrogen) atoms. The fourth-order valence-electron chi connectivity index (χ4n) is 2.90. The molecule has 2 aromatic carbocycles. The number of aryl methyl sites for hydroxylation is 2. The first-order valence-electron chi connectivity index (χ1n) is 9.08. The molecular formula is C21H24FN3O2. The predicted octanol–water partition coefficient (Wildman–Crippen LogP) is 3.82. The minimum atomic E-state index is -0.456. The number of halogens is 1. The molecular weight excluding hydrogens is 345 g/mol. The van der Waals surface area contributed by atoms with Gasteiger partial charge in [-0.25, -0.2) is 9.38 Å². The molecule has 6 heteroatoms. The number of rotatable bonds is 4. The highest BCUT2D eigenvalue weighted by molar-refractivity contribution is 6.10. The highest BCUT2D eigenvalue weighted by Gasteiger charge is 2.16. The molecule has 1 aliphatic rings. The van der Waals surface area contributed by atoms with Gasteiger partial charge in [0.1, 0.15) is 5.82 Å². The summed E-state index contributed by atoms with van der Waals surface area (Å²) >= 11 is 0. The van der Waals surface area contributed by atoms with Crippen molar-refractivity contribution in [3.05, 3.63) is 65.0 Å². The largest absolute Gasteiger partial charge is 0.376 e. The van der Waals surface area contributed by atoms with E-state index in [1.807, 2.05) is 32.0 Å². The first-order chi connectivity index (χ1) is 13.0. The lowest BCUT2D eigenvalue weighted by Crippen LogP contribution is -2.37. The van der Waals surface area contributed by atoms with Crippen molar-refractivity contribution in [1.82, 2.24) is 5.32 Å². The van der Waals surface area contributed by atoms with E-state index in [1.165, 1.54) is 18.2 Å². The molecule has 0 saturated carbocycles. The Kier molecular flexibility index (Phi) is 6.19. The molecule has 2 N–H and O–H groups in total. The molecule has 1 atom stereocenters. The fourth-order valence-corrected chi connectivity index (χ4v) is 2.90. The van der Waals surface area contributed by atoms with Crippen molar-refractivity contribution in [1.29, 1.82) is 0 Å². The van der Waals surface area contributed by atoms with Gasteiger partial charge in [0.25, 0.3) is 5.91 Å². The minimum absolute atomic E-state index is 0.0616. The maximum atomic E-state index is 13.4. The number of aliphatic imine (C=N–C) groups is 1. The molecule has 142 valence electrons. The van der Waals surface area contributed by atoms with Crippen LogP contribution in [0.25, 0.3) is 0 Å². The molecule has 3 rings (SSSR count). The molecule has 0 aliphatic carbocycles. The van der Waals surface area contributed by atoms with E-state index in [0.29, 0.717) is 12.5 Å². The number of amides is 1. The van der Waals surface area contributed by atoms with Crippen LogP contribution in [-0.4, -0.2) is 31.1 Å². The van der Waals surface area contributed by atoms with E-state index < -0.39 is 11.7 Å². The molecule has 0 radical (unpaired) electrons. The molecule has 1 heterocycles. The Bertz CT molecular complexity index is 845. The van der Waals surface area contributed by atoms with Crippen LogP contribution in [0.3, 0.4) is 0 Å². The van der Waals surface area contributed by atoms with Crippen molar-refractivity contribution >= 4 is 17.6 Å². The summed E-state index contributed by atoms with van der Waals surface area (Å²) in [6.07, 6.45) is 2.04. The Hall–Kier alpha value is -2.73. The maximum absolute atomic E-state index is 13.4. The second-order valence-electron chi connectivity index (χ2n) is 6.73. The van der Waals surface area contributed by atoms with Gasteiger partial charge in [0.15, 0.2) is 0 Å². The predicted molar refractivity (Wildman–Crippen MR) is 105 cm³/mol. The molecule has 1 fully saturated rings. The summed E-state index contributed by atoms with van der Waals surface area (Å²) < 4.78 is 19.0. The normalized spacial score (nSPS) is 17.0. The maximum Gasteiger partial charge on any atom is 0.258 e. The number of nitrogens with one attached hydrogen (secondary N) is 2. The van der Waals surface area contributed by atoms with Crippen LogP contribution < -0.4 is 10.6 Å². The van der Waals surface area contributed by atoms with Gasteiger partial charge in [-0.15, -0.1) is 0 Å². The number of nitrogens with zero attached hydrogens (tertiary/aromatic N) is 1. The van der Waals surface area contributed by atoms with Crippen molar-refractivity contribution < 1.29 is 13.9 Å². The summed E-state index contributed by atoms with van der Waals surface area (Å²) in [5.74, 6) is -0.546. The average molecular weight is 369 g/mol. The standard InChI is InChI=1S/C21H24FN3O2/c1-14-8-9-15(2)19(11-14)24-21(23-13-18-7-4-10-27-18)25-20(26)16-5-3-6-17(22)12-16/h3,5-6,8-9,11-12,18H,4,7,10,13H2,1-2H3,(H2,23,24,25,26)/t18-/m1/s1. The van der Waals surface area contributed by atoms with Crippen molar-refractivity contribution in [2.45, 2.75) is 32.8 Å². The van der Waals surface area contributed by atoms with Crippen LogP contribution in [0.15, 0.2) is 47.5 Å². The first kappa shape index (κ1) is 19.0. The van der Waals surface area contributed by atoms with Gasteiger partial charge in [-0.3, -0.25) is 10.1 Å². The second-order valence-corrected chi connectivity index (χ2v) is 6.73. The summed E-state index contributed by atoms with van der Waals surface area (Å²) in [5, 5.41) is 5.95. The smallest absolute Gasteiger partial charge is 0.258 e. The zero-order valence-electron chi connectivity index (χ0n) is 15.6. The van der Waals surface area contributed by atoms with Gasteiger partial charge in [0.05, 0.1) is 12.6 Å². The Labute approximate surface area is 158 Å². The number of hydrogen-bond donors (Lipinski definition) is 2. The number of ether oxygens (including phenoxy) is 1. The second kappa shape index (κ2) is 8.77. The molecule has 1 amide bonds. The van der Waals surface area contributed by atoms with Gasteiger partial charge in [0.2, 0.25) is 5.96 Å². The van der Waals surface area contributed by atoms with E-state index >= 15 is 0 Å². The molecule has 0 bridgehead atoms. The van der Waals surface area contributed by atoms with E-state index in [9.17, 15) is 9.18 Å². The minimum Gasteiger partial charge on any atom is -0.376 e. The number of anilines is 1. The molecule has 2 aromatic rings. The summed E-state index contributed by atoms with van der Waals surface area (Å²) in [5.41, 5.74) is 3.23. The summed E-state index contributed by atoms with van der Waals surface area (Å²) in [6, 6.07) is 11.6. The van der Waals surface area contributed by atoms with Crippen LogP contribution in [-0.2, 0) is 4.74 Å². The van der Waals surface area contributed by atoms with Crippen LogP contribution in [0, 0.1) is 19.7 Å². The highest BCUT2D eigenvalue weighted by Crippen LogP contribution is 2.17. The van der Waals surface area contributed by atoms with Crippen LogP contribution in [0.1, 0.15) is 34.3 Å². The molecule has 0 aromatic heterocycles. The third-order valence-electron chi connectivity index (χ3n) is 4.44. The quantitative estimate of drug-likeness (QED) is 0.636. The topological polar surface area (TPSA) is 62.7 Å². The van der Waals surface area contributed by atoms with E-state index in [-0.39, 0.29) is 11.7 Å². The number of hydrogen-bond acceptors (Lipinski definition) is 3. The third-order valence-corrected chi connectivity index (χ3v) is 4.44. The van der Waals surface area contributed by atoms with Gasteiger partial charge in [0, 0.05) is 17.9 Å². The summed E-state index contributed by atoms with van der Waals surface area (Å²) in [6.45, 7) is 5.18. The zero-order valence-corrected chi connectivity index (χ0v) is 15.6. The highest BCUT2D eigenvalue weighted by atomic mass is 19.1. The monoisotopic (exact) mass is 369 g/mol. The molecule has 5 nitrogen and oxygen atoms in total. The van der Waals surface area contributed by atoms with Gasteiger partial charge in [-0.05, 0) is 62.1 Å². The Balaban J connectivity index is 1.79. The van der Waals surface area contributed by atoms with Crippen LogP contribution in [0.5, 0.6) is 0 Å².